The summed E-state index contributed by atoms with van der Waals surface area (Å²) in [5.41, 5.74) is 10.2. The zero-order valence-corrected chi connectivity index (χ0v) is 25.9. The molecule has 0 radical (unpaired) electrons. The van der Waals surface area contributed by atoms with Crippen LogP contribution in [0.4, 0.5) is 0 Å². The predicted molar refractivity (Wildman–Crippen MR) is 182 cm³/mol. The first kappa shape index (κ1) is 23.6. The van der Waals surface area contributed by atoms with E-state index in [0.29, 0.717) is 11.1 Å². The molecule has 3 aromatic heterocycles. The number of rotatable bonds is 4. The monoisotopic (exact) mass is 580 g/mol. The smallest absolute Gasteiger partial charge is 0.299 e. The Morgan fingerprint density at radius 1 is 0.705 bits per heavy atom. The van der Waals surface area contributed by atoms with Gasteiger partial charge in [-0.2, -0.15) is 4.57 Å². The van der Waals surface area contributed by atoms with E-state index in [1.807, 2.05) is 55.6 Å². The first-order valence-corrected chi connectivity index (χ1v) is 15.4. The van der Waals surface area contributed by atoms with E-state index in [1.165, 1.54) is 0 Å². The molecule has 4 heteroatoms. The summed E-state index contributed by atoms with van der Waals surface area (Å²) in [6.45, 7) is 8.55. The fraction of sp³-hybridized carbons (Fsp3) is 0.225. The maximum Gasteiger partial charge on any atom is 0.299 e. The molecule has 0 amide bonds. The highest BCUT2D eigenvalue weighted by atomic mass is 16.3. The molecule has 0 spiro atoms. The Morgan fingerprint density at radius 3 is 2.07 bits per heavy atom. The average Bonchev–Trinajstić information content (AvgIpc) is 3.68. The molecular formula is C40H37N2O2+. The van der Waals surface area contributed by atoms with E-state index in [0.717, 1.165) is 83.2 Å². The average molecular weight is 581 g/mol. The van der Waals surface area contributed by atoms with Crippen molar-refractivity contribution in [3.05, 3.63) is 107 Å². The molecule has 0 bridgehead atoms. The molecule has 0 N–H and O–H groups in total. The number of hydrogen-bond acceptors (Lipinski definition) is 2. The molecule has 0 fully saturated rings. The molecule has 8 rings (SSSR count). The maximum absolute atomic E-state index is 8.70. The van der Waals surface area contributed by atoms with E-state index in [-0.39, 0.29) is 11.8 Å². The number of aryl methyl sites for hydroxylation is 3. The molecule has 218 valence electrons. The molecule has 0 aliphatic rings. The van der Waals surface area contributed by atoms with Crippen LogP contribution >= 0.6 is 0 Å². The second kappa shape index (κ2) is 9.59. The number of furan rings is 2. The second-order valence-corrected chi connectivity index (χ2v) is 12.6. The highest BCUT2D eigenvalue weighted by molar-refractivity contribution is 6.10. The van der Waals surface area contributed by atoms with Gasteiger partial charge in [-0.3, -0.25) is 0 Å². The van der Waals surface area contributed by atoms with Gasteiger partial charge in [0.1, 0.15) is 28.0 Å². The Kier molecular flexibility index (Phi) is 5.14. The Hall–Kier alpha value is -4.83. The second-order valence-electron chi connectivity index (χ2n) is 12.6. The SMILES string of the molecule is [2H]C([2H])([2H])c1cccc2c1[n+](-c1c(C(C)C)cc3c(oc4ccccc43)c1C(C)C)c(-c1c(C)ccc3c1oc1ccccc13)n2C. The van der Waals surface area contributed by atoms with Gasteiger partial charge in [-0.1, -0.05) is 88.4 Å². The van der Waals surface area contributed by atoms with E-state index in [4.69, 9.17) is 12.9 Å². The minimum absolute atomic E-state index is 0.0605. The highest BCUT2D eigenvalue weighted by Crippen LogP contribution is 2.43. The molecule has 44 heavy (non-hydrogen) atoms. The van der Waals surface area contributed by atoms with Gasteiger partial charge in [0.15, 0.2) is 16.6 Å². The van der Waals surface area contributed by atoms with Crippen LogP contribution in [0.15, 0.2) is 93.8 Å². The van der Waals surface area contributed by atoms with Crippen molar-refractivity contribution in [1.82, 2.24) is 4.57 Å². The van der Waals surface area contributed by atoms with Gasteiger partial charge < -0.3 is 8.83 Å². The third kappa shape index (κ3) is 3.60. The van der Waals surface area contributed by atoms with Crippen LogP contribution in [0.3, 0.4) is 0 Å². The Labute approximate surface area is 261 Å². The third-order valence-electron chi connectivity index (χ3n) is 9.24. The van der Waals surface area contributed by atoms with Crippen molar-refractivity contribution >= 4 is 54.9 Å². The van der Waals surface area contributed by atoms with E-state index in [9.17, 15) is 0 Å². The number of aromatic nitrogens is 2. The predicted octanol–water partition coefficient (Wildman–Crippen LogP) is 10.8. The summed E-state index contributed by atoms with van der Waals surface area (Å²) in [6.07, 6.45) is 0. The number of imidazole rings is 1. The number of hydrogen-bond donors (Lipinski definition) is 0. The molecule has 0 unspecified atom stereocenters. The van der Waals surface area contributed by atoms with E-state index >= 15 is 0 Å². The van der Waals surface area contributed by atoms with Crippen LogP contribution in [0.5, 0.6) is 0 Å². The summed E-state index contributed by atoms with van der Waals surface area (Å²) in [5.74, 6) is 1.04. The highest BCUT2D eigenvalue weighted by Gasteiger charge is 2.36. The van der Waals surface area contributed by atoms with E-state index in [1.54, 1.807) is 6.07 Å². The van der Waals surface area contributed by atoms with E-state index in [2.05, 4.69) is 74.1 Å². The minimum Gasteiger partial charge on any atom is -0.456 e. The summed E-state index contributed by atoms with van der Waals surface area (Å²) < 4.78 is 43.8. The van der Waals surface area contributed by atoms with Crippen molar-refractivity contribution in [2.24, 2.45) is 7.05 Å². The summed E-state index contributed by atoms with van der Waals surface area (Å²) in [4.78, 5) is 0. The van der Waals surface area contributed by atoms with E-state index < -0.39 is 6.85 Å². The van der Waals surface area contributed by atoms with Crippen LogP contribution in [0.2, 0.25) is 0 Å². The van der Waals surface area contributed by atoms with Gasteiger partial charge in [0.2, 0.25) is 0 Å². The molecule has 4 nitrogen and oxygen atoms in total. The quantitative estimate of drug-likeness (QED) is 0.194. The van der Waals surface area contributed by atoms with Crippen LogP contribution < -0.4 is 4.57 Å². The van der Waals surface area contributed by atoms with Gasteiger partial charge in [-0.15, -0.1) is 0 Å². The normalized spacial score (nSPS) is 13.7. The van der Waals surface area contributed by atoms with Crippen LogP contribution in [-0.2, 0) is 7.05 Å². The molecule has 0 atom stereocenters. The van der Waals surface area contributed by atoms with Crippen LogP contribution in [0, 0.1) is 13.8 Å². The van der Waals surface area contributed by atoms with Gasteiger partial charge >= 0.3 is 0 Å². The fourth-order valence-corrected chi connectivity index (χ4v) is 7.19. The van der Waals surface area contributed by atoms with Crippen LogP contribution in [0.1, 0.15) is 65.9 Å². The van der Waals surface area contributed by atoms with Gasteiger partial charge in [0.05, 0.1) is 7.05 Å². The topological polar surface area (TPSA) is 35.1 Å². The first-order valence-electron chi connectivity index (χ1n) is 16.9. The zero-order valence-electron chi connectivity index (χ0n) is 28.9. The lowest BCUT2D eigenvalue weighted by atomic mass is 9.89. The molecular weight excluding hydrogens is 540 g/mol. The zero-order chi connectivity index (χ0) is 32.9. The molecule has 0 saturated heterocycles. The van der Waals surface area contributed by atoms with Crippen LogP contribution in [0.25, 0.3) is 72.0 Å². The fourth-order valence-electron chi connectivity index (χ4n) is 7.19. The molecule has 5 aromatic carbocycles. The molecule has 8 aromatic rings. The maximum atomic E-state index is 8.70. The third-order valence-corrected chi connectivity index (χ3v) is 9.24. The number of para-hydroxylation sites is 3. The number of benzene rings is 5. The lowest BCUT2D eigenvalue weighted by Crippen LogP contribution is -2.37. The number of nitrogens with zero attached hydrogens (tertiary/aromatic N) is 2. The van der Waals surface area contributed by atoms with Crippen molar-refractivity contribution in [3.8, 4) is 17.1 Å². The lowest BCUT2D eigenvalue weighted by Gasteiger charge is -2.19. The van der Waals surface area contributed by atoms with Gasteiger partial charge in [0.25, 0.3) is 5.82 Å². The minimum atomic E-state index is -2.35. The largest absolute Gasteiger partial charge is 0.456 e. The van der Waals surface area contributed by atoms with Gasteiger partial charge in [-0.05, 0) is 55.4 Å². The van der Waals surface area contributed by atoms with Crippen molar-refractivity contribution in [3.63, 3.8) is 0 Å². The summed E-state index contributed by atoms with van der Waals surface area (Å²) in [6, 6.07) is 28.4. The van der Waals surface area contributed by atoms with Crippen LogP contribution in [-0.4, -0.2) is 4.57 Å². The van der Waals surface area contributed by atoms with Crippen molar-refractivity contribution in [2.75, 3.05) is 0 Å². The molecule has 3 heterocycles. The van der Waals surface area contributed by atoms with Crippen molar-refractivity contribution in [1.29, 1.82) is 0 Å². The summed E-state index contributed by atoms with van der Waals surface area (Å²) in [5, 5.41) is 4.22. The molecule has 0 aliphatic heterocycles. The number of fused-ring (bicyclic) bond motifs is 7. The Bertz CT molecular complexity index is 2540. The lowest BCUT2D eigenvalue weighted by molar-refractivity contribution is -0.557. The van der Waals surface area contributed by atoms with Crippen molar-refractivity contribution < 1.29 is 17.5 Å². The molecule has 0 saturated carbocycles. The standard InChI is InChI=1S/C40H37N2O2/c1-22(2)29-21-30-27-15-9-11-18-33(27)44-39(30)34(23(3)4)37(29)42-36-25(6)13-12-16-31(36)41(7)40(42)35-24(5)19-20-28-26-14-8-10-17-32(26)43-38(28)35/h8-23H,1-7H3/q+1/i6D3. The molecule has 0 aliphatic carbocycles. The Balaban J connectivity index is 1.65. The summed E-state index contributed by atoms with van der Waals surface area (Å²) in [7, 11) is 2.03. The van der Waals surface area contributed by atoms with Gasteiger partial charge in [-0.25, -0.2) is 4.57 Å². The van der Waals surface area contributed by atoms with Gasteiger partial charge in [0, 0.05) is 42.3 Å². The first-order chi connectivity index (χ1) is 22.5. The Morgan fingerprint density at radius 2 is 1.39 bits per heavy atom. The van der Waals surface area contributed by atoms with Crippen molar-refractivity contribution in [2.45, 2.75) is 53.3 Å². The summed E-state index contributed by atoms with van der Waals surface area (Å²) >= 11 is 0.